The monoisotopic (exact) mass is 383 g/mol. The Morgan fingerprint density at radius 1 is 1.31 bits per heavy atom. The van der Waals surface area contributed by atoms with Gasteiger partial charge in [0, 0.05) is 24.1 Å². The van der Waals surface area contributed by atoms with Gasteiger partial charge in [-0.25, -0.2) is 14.4 Å². The second-order valence-corrected chi connectivity index (χ2v) is 6.48. The Balaban J connectivity index is 2.70. The summed E-state index contributed by atoms with van der Waals surface area (Å²) in [4.78, 5) is 37.2. The summed E-state index contributed by atoms with van der Waals surface area (Å²) in [6.45, 7) is 7.80. The van der Waals surface area contributed by atoms with Crippen LogP contribution >= 0.6 is 11.8 Å². The maximum atomic E-state index is 11.8. The van der Waals surface area contributed by atoms with Crippen molar-refractivity contribution >= 4 is 29.7 Å². The lowest BCUT2D eigenvalue weighted by molar-refractivity contribution is -0.147. The smallest absolute Gasteiger partial charge is 0.345 e. The summed E-state index contributed by atoms with van der Waals surface area (Å²) < 4.78 is 15.1. The minimum absolute atomic E-state index is 0.162. The highest BCUT2D eigenvalue weighted by atomic mass is 32.2. The van der Waals surface area contributed by atoms with Crippen molar-refractivity contribution in [3.63, 3.8) is 0 Å². The van der Waals surface area contributed by atoms with Gasteiger partial charge in [0.2, 0.25) is 0 Å². The van der Waals surface area contributed by atoms with E-state index in [1.165, 1.54) is 6.08 Å². The average Bonchev–Trinajstić information content (AvgIpc) is 2.73. The highest BCUT2D eigenvalue weighted by molar-refractivity contribution is 7.99. The summed E-state index contributed by atoms with van der Waals surface area (Å²) in [5.74, 6) is -0.587. The standard InChI is InChI=1S/C18H25NO6S/c1-5-23-17(21)15(18(22)24-6-2)8-7-9-19(4)10-14-12-26-11-13(3)16(20)25-14/h7-9,14H,3,5-6,10-12H2,1-2,4H3/b9-7+. The molecular weight excluding hydrogens is 358 g/mol. The van der Waals surface area contributed by atoms with E-state index in [0.29, 0.717) is 23.6 Å². The Bertz CT molecular complexity index is 578. The van der Waals surface area contributed by atoms with Crippen molar-refractivity contribution in [2.45, 2.75) is 20.0 Å². The number of thioether (sulfide) groups is 1. The van der Waals surface area contributed by atoms with Gasteiger partial charge in [0.15, 0.2) is 0 Å². The highest BCUT2D eigenvalue weighted by Crippen LogP contribution is 2.17. The first kappa shape index (κ1) is 21.8. The second kappa shape index (κ2) is 11.4. The SMILES string of the molecule is C=C1CSCC(CN(C)/C=C/C=C(C(=O)OCC)C(=O)OCC)OC1=O. The lowest BCUT2D eigenvalue weighted by Gasteiger charge is -2.21. The number of cyclic esters (lactones) is 1. The fourth-order valence-corrected chi connectivity index (χ4v) is 2.95. The molecule has 1 unspecified atom stereocenters. The van der Waals surface area contributed by atoms with Crippen molar-refractivity contribution in [1.82, 2.24) is 4.90 Å². The first-order valence-electron chi connectivity index (χ1n) is 8.28. The molecule has 26 heavy (non-hydrogen) atoms. The zero-order valence-electron chi connectivity index (χ0n) is 15.4. The van der Waals surface area contributed by atoms with Gasteiger partial charge in [-0.15, -0.1) is 0 Å². The number of nitrogens with zero attached hydrogens (tertiary/aromatic N) is 1. The van der Waals surface area contributed by atoms with E-state index in [-0.39, 0.29) is 30.9 Å². The van der Waals surface area contributed by atoms with Crippen LogP contribution in [0.2, 0.25) is 0 Å². The minimum atomic E-state index is -0.731. The van der Waals surface area contributed by atoms with Gasteiger partial charge >= 0.3 is 17.9 Å². The fourth-order valence-electron chi connectivity index (χ4n) is 2.04. The van der Waals surface area contributed by atoms with Crippen LogP contribution in [0.25, 0.3) is 0 Å². The molecule has 1 aliphatic rings. The maximum Gasteiger partial charge on any atom is 0.345 e. The molecule has 0 spiro atoms. The van der Waals surface area contributed by atoms with Crippen molar-refractivity contribution in [1.29, 1.82) is 0 Å². The van der Waals surface area contributed by atoms with Crippen LogP contribution < -0.4 is 0 Å². The van der Waals surface area contributed by atoms with Crippen LogP contribution in [0.5, 0.6) is 0 Å². The third kappa shape index (κ3) is 7.35. The van der Waals surface area contributed by atoms with Crippen LogP contribution in [0.3, 0.4) is 0 Å². The molecule has 0 bridgehead atoms. The minimum Gasteiger partial charge on any atom is -0.462 e. The number of ether oxygens (including phenoxy) is 3. The molecule has 7 nitrogen and oxygen atoms in total. The van der Waals surface area contributed by atoms with Crippen molar-refractivity contribution in [3.8, 4) is 0 Å². The highest BCUT2D eigenvalue weighted by Gasteiger charge is 2.22. The van der Waals surface area contributed by atoms with Gasteiger partial charge in [0.25, 0.3) is 0 Å². The molecule has 1 rings (SSSR count). The number of allylic oxidation sites excluding steroid dienone is 2. The number of carbonyl (C=O) groups is 3. The summed E-state index contributed by atoms with van der Waals surface area (Å²) in [5.41, 5.74) is 0.290. The van der Waals surface area contributed by atoms with Crippen molar-refractivity contribution in [2.75, 3.05) is 38.3 Å². The zero-order chi connectivity index (χ0) is 19.5. The van der Waals surface area contributed by atoms with Gasteiger partial charge in [-0.2, -0.15) is 11.8 Å². The molecule has 1 heterocycles. The van der Waals surface area contributed by atoms with E-state index in [4.69, 9.17) is 14.2 Å². The van der Waals surface area contributed by atoms with Crippen molar-refractivity contribution < 1.29 is 28.6 Å². The topological polar surface area (TPSA) is 82.1 Å². The van der Waals surface area contributed by atoms with Gasteiger partial charge in [-0.3, -0.25) is 0 Å². The molecule has 1 fully saturated rings. The fraction of sp³-hybridized carbons (Fsp3) is 0.500. The summed E-state index contributed by atoms with van der Waals surface area (Å²) in [6, 6.07) is 0. The van der Waals surface area contributed by atoms with Crippen LogP contribution in [0.15, 0.2) is 36.1 Å². The molecule has 1 saturated heterocycles. The Morgan fingerprint density at radius 2 is 1.92 bits per heavy atom. The lowest BCUT2D eigenvalue weighted by Crippen LogP contribution is -2.30. The predicted molar refractivity (Wildman–Crippen MR) is 99.5 cm³/mol. The Kier molecular flexibility index (Phi) is 9.57. The molecule has 1 aliphatic heterocycles. The molecule has 0 amide bonds. The summed E-state index contributed by atoms with van der Waals surface area (Å²) in [5, 5.41) is 0. The van der Waals surface area contributed by atoms with Crippen molar-refractivity contribution in [2.24, 2.45) is 0 Å². The summed E-state index contributed by atoms with van der Waals surface area (Å²) in [7, 11) is 1.80. The normalized spacial score (nSPS) is 17.3. The van der Waals surface area contributed by atoms with Crippen LogP contribution in [-0.2, 0) is 28.6 Å². The molecule has 1 atom stereocenters. The van der Waals surface area contributed by atoms with Crippen LogP contribution in [0.1, 0.15) is 13.8 Å². The number of carbonyl (C=O) groups excluding carboxylic acids is 3. The van der Waals surface area contributed by atoms with Gasteiger partial charge in [-0.05, 0) is 32.2 Å². The maximum absolute atomic E-state index is 11.8. The van der Waals surface area contributed by atoms with E-state index in [9.17, 15) is 14.4 Å². The van der Waals surface area contributed by atoms with Gasteiger partial charge in [0.05, 0.1) is 19.8 Å². The predicted octanol–water partition coefficient (Wildman–Crippen LogP) is 1.70. The van der Waals surface area contributed by atoms with E-state index in [1.54, 1.807) is 49.8 Å². The second-order valence-electron chi connectivity index (χ2n) is 5.45. The molecule has 0 N–H and O–H groups in total. The van der Waals surface area contributed by atoms with E-state index < -0.39 is 11.9 Å². The molecule has 8 heteroatoms. The molecule has 0 radical (unpaired) electrons. The molecule has 0 aromatic heterocycles. The number of rotatable bonds is 8. The molecule has 144 valence electrons. The van der Waals surface area contributed by atoms with E-state index in [1.807, 2.05) is 0 Å². The molecular formula is C18H25NO6S. The van der Waals surface area contributed by atoms with Crippen molar-refractivity contribution in [3.05, 3.63) is 36.1 Å². The molecule has 0 aromatic carbocycles. The van der Waals surface area contributed by atoms with Gasteiger partial charge in [-0.1, -0.05) is 6.58 Å². The molecule has 0 aliphatic carbocycles. The zero-order valence-corrected chi connectivity index (χ0v) is 16.2. The van der Waals surface area contributed by atoms with E-state index in [0.717, 1.165) is 0 Å². The number of likely N-dealkylation sites (N-methyl/N-ethyl adjacent to an activating group) is 1. The van der Waals surface area contributed by atoms with Gasteiger partial charge < -0.3 is 19.1 Å². The first-order chi connectivity index (χ1) is 12.4. The Labute approximate surface area is 158 Å². The number of esters is 3. The molecule has 0 saturated carbocycles. The Morgan fingerprint density at radius 3 is 2.50 bits per heavy atom. The van der Waals surface area contributed by atoms with E-state index in [2.05, 4.69) is 6.58 Å². The van der Waals surface area contributed by atoms with Crippen LogP contribution in [-0.4, -0.2) is 67.2 Å². The van der Waals surface area contributed by atoms with Crippen LogP contribution in [0.4, 0.5) is 0 Å². The largest absolute Gasteiger partial charge is 0.462 e. The van der Waals surface area contributed by atoms with Crippen LogP contribution in [0, 0.1) is 0 Å². The molecule has 0 aromatic rings. The summed E-state index contributed by atoms with van der Waals surface area (Å²) >= 11 is 1.59. The number of hydrogen-bond donors (Lipinski definition) is 0. The van der Waals surface area contributed by atoms with E-state index >= 15 is 0 Å². The first-order valence-corrected chi connectivity index (χ1v) is 9.43. The Hall–Kier alpha value is -2.22. The number of hydrogen-bond acceptors (Lipinski definition) is 8. The van der Waals surface area contributed by atoms with Gasteiger partial charge in [0.1, 0.15) is 11.7 Å². The summed E-state index contributed by atoms with van der Waals surface area (Å²) in [6.07, 6.45) is 4.31. The third-order valence-corrected chi connectivity index (χ3v) is 4.39. The third-order valence-electron chi connectivity index (χ3n) is 3.23. The quantitative estimate of drug-likeness (QED) is 0.156. The average molecular weight is 383 g/mol. The lowest BCUT2D eigenvalue weighted by atomic mass is 10.2.